The van der Waals surface area contributed by atoms with Gasteiger partial charge in [0.2, 0.25) is 0 Å². The Kier molecular flexibility index (Phi) is 3.20. The summed E-state index contributed by atoms with van der Waals surface area (Å²) in [7, 11) is 2.36. The van der Waals surface area contributed by atoms with E-state index in [1.165, 1.54) is 29.6 Å². The van der Waals surface area contributed by atoms with Crippen molar-refractivity contribution in [3.63, 3.8) is 0 Å². The van der Waals surface area contributed by atoms with E-state index in [-0.39, 0.29) is 0 Å². The van der Waals surface area contributed by atoms with Crippen molar-refractivity contribution in [2.75, 3.05) is 20.1 Å². The summed E-state index contributed by atoms with van der Waals surface area (Å²) in [6.45, 7) is 13.1. The van der Waals surface area contributed by atoms with Crippen molar-refractivity contribution >= 4 is 0 Å². The third-order valence-electron chi connectivity index (χ3n) is 3.65. The van der Waals surface area contributed by atoms with Crippen LogP contribution in [-0.4, -0.2) is 30.2 Å². The molecular weight excluding hydrogens is 170 g/mol. The molecule has 0 amide bonds. The molecule has 1 saturated heterocycles. The van der Waals surface area contributed by atoms with Crippen molar-refractivity contribution in [3.8, 4) is 0 Å². The summed E-state index contributed by atoms with van der Waals surface area (Å²) in [5, 5.41) is 0. The number of quaternary nitrogens is 1. The van der Waals surface area contributed by atoms with Gasteiger partial charge in [-0.05, 0) is 20.8 Å². The lowest BCUT2D eigenvalue weighted by Crippen LogP contribution is -2.30. The monoisotopic (exact) mass is 194 g/mol. The maximum atomic E-state index is 3.84. The highest BCUT2D eigenvalue weighted by atomic mass is 15.5. The maximum Gasteiger partial charge on any atom is 0.149 e. The first kappa shape index (κ1) is 11.5. The summed E-state index contributed by atoms with van der Waals surface area (Å²) in [6.07, 6.45) is 6.77. The van der Waals surface area contributed by atoms with Gasteiger partial charge in [0.25, 0.3) is 0 Å². The minimum absolute atomic E-state index is 0.483. The van der Waals surface area contributed by atoms with Crippen molar-refractivity contribution in [1.29, 1.82) is 0 Å². The number of likely N-dealkylation sites (N-methyl/N-ethyl adjacent to an activating group) is 1. The van der Waals surface area contributed by atoms with E-state index >= 15 is 0 Å². The molecule has 0 aliphatic carbocycles. The second-order valence-electron chi connectivity index (χ2n) is 5.34. The summed E-state index contributed by atoms with van der Waals surface area (Å²) in [5.41, 5.74) is 1.92. The van der Waals surface area contributed by atoms with Crippen LogP contribution in [0.15, 0.2) is 24.3 Å². The van der Waals surface area contributed by atoms with Crippen LogP contribution in [0.25, 0.3) is 0 Å². The number of allylic oxidation sites excluding steroid dienone is 1. The van der Waals surface area contributed by atoms with Gasteiger partial charge in [0, 0.05) is 12.8 Å². The molecule has 0 aromatic heterocycles. The van der Waals surface area contributed by atoms with Gasteiger partial charge in [0.15, 0.2) is 0 Å². The smallest absolute Gasteiger partial charge is 0.149 e. The fraction of sp³-hybridized carbons (Fsp3) is 0.692. The fourth-order valence-electron chi connectivity index (χ4n) is 2.30. The van der Waals surface area contributed by atoms with Crippen molar-refractivity contribution in [2.45, 2.75) is 39.2 Å². The van der Waals surface area contributed by atoms with Gasteiger partial charge in [0.1, 0.15) is 12.1 Å². The molecule has 14 heavy (non-hydrogen) atoms. The summed E-state index contributed by atoms with van der Waals surface area (Å²) in [5.74, 6) is 0. The molecule has 1 heteroatoms. The molecular formula is C13H24N+. The Bertz CT molecular complexity index is 250. The second-order valence-corrected chi connectivity index (χ2v) is 5.34. The lowest BCUT2D eigenvalue weighted by atomic mass is 10.1. The summed E-state index contributed by atoms with van der Waals surface area (Å²) in [6, 6.07) is 0. The highest BCUT2D eigenvalue weighted by Crippen LogP contribution is 2.43. The van der Waals surface area contributed by atoms with Crippen molar-refractivity contribution < 1.29 is 4.48 Å². The molecule has 0 radical (unpaired) electrons. The van der Waals surface area contributed by atoms with E-state index in [2.05, 4.69) is 46.5 Å². The van der Waals surface area contributed by atoms with E-state index in [0.717, 1.165) is 6.42 Å². The molecule has 1 fully saturated rings. The maximum absolute atomic E-state index is 3.84. The van der Waals surface area contributed by atoms with Gasteiger partial charge in [-0.1, -0.05) is 17.7 Å². The van der Waals surface area contributed by atoms with E-state index in [4.69, 9.17) is 0 Å². The Morgan fingerprint density at radius 1 is 1.50 bits per heavy atom. The van der Waals surface area contributed by atoms with Crippen LogP contribution >= 0.6 is 0 Å². The zero-order chi connectivity index (χ0) is 10.8. The highest BCUT2D eigenvalue weighted by molar-refractivity contribution is 4.97. The van der Waals surface area contributed by atoms with E-state index < -0.39 is 0 Å². The molecule has 1 rings (SSSR count). The summed E-state index contributed by atoms with van der Waals surface area (Å²) >= 11 is 0. The third-order valence-corrected chi connectivity index (χ3v) is 3.65. The summed E-state index contributed by atoms with van der Waals surface area (Å²) in [4.78, 5) is 0. The van der Waals surface area contributed by atoms with Crippen LogP contribution in [0.2, 0.25) is 0 Å². The molecule has 1 aliphatic heterocycles. The van der Waals surface area contributed by atoms with Crippen LogP contribution in [-0.2, 0) is 0 Å². The van der Waals surface area contributed by atoms with E-state index in [1.54, 1.807) is 0 Å². The quantitative estimate of drug-likeness (QED) is 0.358. The van der Waals surface area contributed by atoms with Crippen molar-refractivity contribution in [1.82, 2.24) is 0 Å². The molecule has 0 saturated carbocycles. The zero-order valence-corrected chi connectivity index (χ0v) is 10.1. The minimum atomic E-state index is 0.483. The first-order valence-electron chi connectivity index (χ1n) is 5.52. The average Bonchev–Trinajstić information content (AvgIpc) is 2.53. The topological polar surface area (TPSA) is 0 Å². The highest BCUT2D eigenvalue weighted by Gasteiger charge is 2.61. The minimum Gasteiger partial charge on any atom is -0.311 e. The number of hydrogen-bond donors (Lipinski definition) is 0. The van der Waals surface area contributed by atoms with Crippen LogP contribution in [0.5, 0.6) is 0 Å². The average molecular weight is 194 g/mol. The third kappa shape index (κ3) is 2.27. The molecule has 0 aromatic carbocycles. The van der Waals surface area contributed by atoms with Crippen LogP contribution in [0.1, 0.15) is 33.6 Å². The fourth-order valence-corrected chi connectivity index (χ4v) is 2.30. The van der Waals surface area contributed by atoms with Crippen molar-refractivity contribution in [2.24, 2.45) is 0 Å². The Labute approximate surface area is 88.7 Å². The molecule has 0 spiro atoms. The van der Waals surface area contributed by atoms with Gasteiger partial charge in [-0.15, -0.1) is 6.58 Å². The number of nitrogens with zero attached hydrogens (tertiary/aromatic N) is 1. The van der Waals surface area contributed by atoms with E-state index in [1.807, 2.05) is 0 Å². The lowest BCUT2D eigenvalue weighted by Gasteiger charge is -2.18. The molecule has 0 bridgehead atoms. The second kappa shape index (κ2) is 3.90. The molecule has 0 N–H and O–H groups in total. The SMILES string of the molecule is C=CCC1(C)C[N+]1(C)CCC=C(C)C. The van der Waals surface area contributed by atoms with E-state index in [0.29, 0.717) is 5.54 Å². The van der Waals surface area contributed by atoms with E-state index in [9.17, 15) is 0 Å². The van der Waals surface area contributed by atoms with Crippen LogP contribution < -0.4 is 0 Å². The van der Waals surface area contributed by atoms with Crippen LogP contribution in [0.4, 0.5) is 0 Å². The van der Waals surface area contributed by atoms with Crippen LogP contribution in [0.3, 0.4) is 0 Å². The van der Waals surface area contributed by atoms with Gasteiger partial charge in [-0.2, -0.15) is 0 Å². The number of hydrogen-bond acceptors (Lipinski definition) is 0. The van der Waals surface area contributed by atoms with Crippen molar-refractivity contribution in [3.05, 3.63) is 24.3 Å². The summed E-state index contributed by atoms with van der Waals surface area (Å²) < 4.78 is 1.23. The zero-order valence-electron chi connectivity index (χ0n) is 10.1. The van der Waals surface area contributed by atoms with Gasteiger partial charge in [-0.3, -0.25) is 0 Å². The molecule has 80 valence electrons. The molecule has 0 aromatic rings. The van der Waals surface area contributed by atoms with Gasteiger partial charge < -0.3 is 4.48 Å². The predicted octanol–water partition coefficient (Wildman–Crippen LogP) is 3.14. The molecule has 1 aliphatic rings. The molecule has 1 heterocycles. The van der Waals surface area contributed by atoms with Gasteiger partial charge in [-0.25, -0.2) is 0 Å². The first-order chi connectivity index (χ1) is 6.43. The van der Waals surface area contributed by atoms with Gasteiger partial charge in [0.05, 0.1) is 13.6 Å². The predicted molar refractivity (Wildman–Crippen MR) is 63.2 cm³/mol. The normalized spacial score (nSPS) is 35.1. The molecule has 2 atom stereocenters. The molecule has 2 unspecified atom stereocenters. The molecule has 1 nitrogen and oxygen atoms in total. The standard InChI is InChI=1S/C13H24N/c1-6-9-13(4)11-14(13,5)10-7-8-12(2)3/h6,8H,1,7,9-11H2,2-5H3/q+1. The Hall–Kier alpha value is -0.560. The Morgan fingerprint density at radius 2 is 2.14 bits per heavy atom. The largest absolute Gasteiger partial charge is 0.311 e. The van der Waals surface area contributed by atoms with Crippen LogP contribution in [0, 0.1) is 0 Å². The Morgan fingerprint density at radius 3 is 2.64 bits per heavy atom. The number of rotatable bonds is 5. The Balaban J connectivity index is 2.40. The first-order valence-corrected chi connectivity index (χ1v) is 5.52. The lowest BCUT2D eigenvalue weighted by molar-refractivity contribution is -0.806. The van der Waals surface area contributed by atoms with Gasteiger partial charge >= 0.3 is 0 Å².